The molecule has 1 aromatic rings. The third-order valence-electron chi connectivity index (χ3n) is 2.77. The zero-order valence-corrected chi connectivity index (χ0v) is 8.79. The number of benzene rings is 1. The summed E-state index contributed by atoms with van der Waals surface area (Å²) in [5.41, 5.74) is 2.59. The number of carbonyl (C=O) groups is 1. The molecule has 0 aromatic heterocycles. The minimum Gasteiger partial charge on any atom is -0.389 e. The molecule has 0 aliphatic carbocycles. The molecule has 2 rings (SSSR count). The van der Waals surface area contributed by atoms with Crippen molar-refractivity contribution in [2.75, 3.05) is 6.54 Å². The van der Waals surface area contributed by atoms with Gasteiger partial charge in [-0.25, -0.2) is 0 Å². The number of amides is 1. The first-order chi connectivity index (χ1) is 7.18. The molecule has 0 fully saturated rings. The average Bonchev–Trinajstić information content (AvgIpc) is 2.40. The van der Waals surface area contributed by atoms with Gasteiger partial charge in [-0.05, 0) is 37.0 Å². The molecule has 0 radical (unpaired) electrons. The van der Waals surface area contributed by atoms with Crippen LogP contribution in [0.5, 0.6) is 0 Å². The zero-order chi connectivity index (χ0) is 10.8. The largest absolute Gasteiger partial charge is 0.389 e. The topological polar surface area (TPSA) is 49.3 Å². The molecule has 1 amide bonds. The number of aryl methyl sites for hydroxylation is 1. The number of rotatable bonds is 1. The Labute approximate surface area is 89.1 Å². The summed E-state index contributed by atoms with van der Waals surface area (Å²) in [5.74, 6) is -0.0231. The summed E-state index contributed by atoms with van der Waals surface area (Å²) in [6.45, 7) is 2.44. The molecule has 0 spiro atoms. The first-order valence-corrected chi connectivity index (χ1v) is 5.27. The average molecular weight is 205 g/mol. The van der Waals surface area contributed by atoms with Crippen molar-refractivity contribution >= 4 is 5.91 Å². The highest BCUT2D eigenvalue weighted by Gasteiger charge is 2.16. The number of aliphatic hydroxyl groups is 1. The maximum absolute atomic E-state index is 11.7. The van der Waals surface area contributed by atoms with Gasteiger partial charge in [-0.2, -0.15) is 0 Å². The molecule has 1 heterocycles. The molecular formula is C12H15NO2. The Morgan fingerprint density at radius 2 is 2.27 bits per heavy atom. The standard InChI is InChI=1S/C12H15NO2/c1-8(14)10-5-4-9-3-2-6-13-12(15)11(9)7-10/h4-5,7-8,14H,2-3,6H2,1H3,(H,13,15). The molecule has 3 nitrogen and oxygen atoms in total. The van der Waals surface area contributed by atoms with Crippen LogP contribution in [0.3, 0.4) is 0 Å². The molecule has 3 heteroatoms. The van der Waals surface area contributed by atoms with Gasteiger partial charge in [-0.3, -0.25) is 4.79 Å². The quantitative estimate of drug-likeness (QED) is 0.728. The van der Waals surface area contributed by atoms with Gasteiger partial charge in [0.1, 0.15) is 0 Å². The Hall–Kier alpha value is -1.35. The molecule has 0 saturated carbocycles. The summed E-state index contributed by atoms with van der Waals surface area (Å²) < 4.78 is 0. The third-order valence-corrected chi connectivity index (χ3v) is 2.77. The van der Waals surface area contributed by atoms with Crippen LogP contribution in [0, 0.1) is 0 Å². The highest BCUT2D eigenvalue weighted by Crippen LogP contribution is 2.20. The van der Waals surface area contributed by atoms with Crippen molar-refractivity contribution in [1.29, 1.82) is 0 Å². The summed E-state index contributed by atoms with van der Waals surface area (Å²) in [6, 6.07) is 5.63. The molecule has 2 N–H and O–H groups in total. The maximum Gasteiger partial charge on any atom is 0.251 e. The van der Waals surface area contributed by atoms with Crippen LogP contribution in [0.1, 0.15) is 40.9 Å². The maximum atomic E-state index is 11.7. The first kappa shape index (κ1) is 10.2. The fraction of sp³-hybridized carbons (Fsp3) is 0.417. The van der Waals surface area contributed by atoms with Crippen molar-refractivity contribution in [1.82, 2.24) is 5.32 Å². The monoisotopic (exact) mass is 205 g/mol. The van der Waals surface area contributed by atoms with Gasteiger partial charge >= 0.3 is 0 Å². The molecule has 80 valence electrons. The van der Waals surface area contributed by atoms with E-state index in [0.29, 0.717) is 5.56 Å². The van der Waals surface area contributed by atoms with Gasteiger partial charge in [0.15, 0.2) is 0 Å². The van der Waals surface area contributed by atoms with Crippen molar-refractivity contribution in [2.24, 2.45) is 0 Å². The van der Waals surface area contributed by atoms with E-state index in [9.17, 15) is 9.90 Å². The van der Waals surface area contributed by atoms with Gasteiger partial charge in [-0.1, -0.05) is 12.1 Å². The van der Waals surface area contributed by atoms with Gasteiger partial charge in [0.25, 0.3) is 5.91 Å². The predicted molar refractivity (Wildman–Crippen MR) is 57.7 cm³/mol. The smallest absolute Gasteiger partial charge is 0.251 e. The summed E-state index contributed by atoms with van der Waals surface area (Å²) >= 11 is 0. The SMILES string of the molecule is CC(O)c1ccc2c(c1)C(=O)NCCC2. The Morgan fingerprint density at radius 3 is 3.00 bits per heavy atom. The number of aliphatic hydroxyl groups excluding tert-OH is 1. The Bertz CT molecular complexity index is 385. The normalized spacial score (nSPS) is 17.6. The van der Waals surface area contributed by atoms with Gasteiger partial charge in [0.05, 0.1) is 6.10 Å². The van der Waals surface area contributed by atoms with E-state index in [1.165, 1.54) is 0 Å². The van der Waals surface area contributed by atoms with E-state index >= 15 is 0 Å². The van der Waals surface area contributed by atoms with Crippen LogP contribution in [0.25, 0.3) is 0 Å². The fourth-order valence-corrected chi connectivity index (χ4v) is 1.86. The minimum atomic E-state index is -0.522. The van der Waals surface area contributed by atoms with E-state index in [1.54, 1.807) is 13.0 Å². The lowest BCUT2D eigenvalue weighted by Gasteiger charge is -2.09. The van der Waals surface area contributed by atoms with Gasteiger partial charge in [0, 0.05) is 12.1 Å². The predicted octanol–water partition coefficient (Wildman–Crippen LogP) is 1.42. The Morgan fingerprint density at radius 1 is 1.47 bits per heavy atom. The molecule has 0 saturated heterocycles. The van der Waals surface area contributed by atoms with E-state index in [4.69, 9.17) is 0 Å². The van der Waals surface area contributed by atoms with Crippen LogP contribution in [0.15, 0.2) is 18.2 Å². The van der Waals surface area contributed by atoms with E-state index in [0.717, 1.165) is 30.5 Å². The zero-order valence-electron chi connectivity index (χ0n) is 8.79. The van der Waals surface area contributed by atoms with Crippen LogP contribution in [0.2, 0.25) is 0 Å². The van der Waals surface area contributed by atoms with Crippen LogP contribution in [-0.2, 0) is 6.42 Å². The third kappa shape index (κ3) is 2.02. The number of hydrogen-bond donors (Lipinski definition) is 2. The van der Waals surface area contributed by atoms with E-state index in [1.807, 2.05) is 12.1 Å². The minimum absolute atomic E-state index is 0.0231. The molecule has 1 atom stereocenters. The molecule has 0 bridgehead atoms. The molecule has 1 aliphatic rings. The van der Waals surface area contributed by atoms with Gasteiger partial charge < -0.3 is 10.4 Å². The van der Waals surface area contributed by atoms with E-state index in [-0.39, 0.29) is 5.91 Å². The molecule has 1 aromatic carbocycles. The second-order valence-corrected chi connectivity index (χ2v) is 3.95. The lowest BCUT2D eigenvalue weighted by Crippen LogP contribution is -2.22. The number of fused-ring (bicyclic) bond motifs is 1. The summed E-state index contributed by atoms with van der Waals surface area (Å²) in [4.78, 5) is 11.7. The highest BCUT2D eigenvalue weighted by molar-refractivity contribution is 5.96. The summed E-state index contributed by atoms with van der Waals surface area (Å²) in [7, 11) is 0. The van der Waals surface area contributed by atoms with Crippen molar-refractivity contribution in [2.45, 2.75) is 25.9 Å². The second kappa shape index (κ2) is 4.03. The van der Waals surface area contributed by atoms with E-state index < -0.39 is 6.10 Å². The molecule has 1 unspecified atom stereocenters. The van der Waals surface area contributed by atoms with Gasteiger partial charge in [0.2, 0.25) is 0 Å². The number of nitrogens with one attached hydrogen (secondary N) is 1. The summed E-state index contributed by atoms with van der Waals surface area (Å²) in [6.07, 6.45) is 1.38. The van der Waals surface area contributed by atoms with Crippen molar-refractivity contribution in [3.8, 4) is 0 Å². The molecular weight excluding hydrogens is 190 g/mol. The molecule has 1 aliphatic heterocycles. The molecule has 15 heavy (non-hydrogen) atoms. The van der Waals surface area contributed by atoms with Gasteiger partial charge in [-0.15, -0.1) is 0 Å². The lowest BCUT2D eigenvalue weighted by atomic mass is 9.99. The van der Waals surface area contributed by atoms with Crippen LogP contribution in [-0.4, -0.2) is 17.6 Å². The highest BCUT2D eigenvalue weighted by atomic mass is 16.3. The van der Waals surface area contributed by atoms with Crippen molar-refractivity contribution < 1.29 is 9.90 Å². The first-order valence-electron chi connectivity index (χ1n) is 5.27. The second-order valence-electron chi connectivity index (χ2n) is 3.95. The fourth-order valence-electron chi connectivity index (χ4n) is 1.86. The van der Waals surface area contributed by atoms with Crippen molar-refractivity contribution in [3.63, 3.8) is 0 Å². The number of hydrogen-bond acceptors (Lipinski definition) is 2. The summed E-state index contributed by atoms with van der Waals surface area (Å²) in [5, 5.41) is 12.3. The van der Waals surface area contributed by atoms with Crippen molar-refractivity contribution in [3.05, 3.63) is 34.9 Å². The lowest BCUT2D eigenvalue weighted by molar-refractivity contribution is 0.0956. The Kier molecular flexibility index (Phi) is 2.73. The van der Waals surface area contributed by atoms with E-state index in [2.05, 4.69) is 5.32 Å². The number of carbonyl (C=O) groups excluding carboxylic acids is 1. The Balaban J connectivity index is 2.44. The van der Waals surface area contributed by atoms with Crippen LogP contribution in [0.4, 0.5) is 0 Å². The van der Waals surface area contributed by atoms with Crippen LogP contribution < -0.4 is 5.32 Å². The van der Waals surface area contributed by atoms with Crippen LogP contribution >= 0.6 is 0 Å².